The van der Waals surface area contributed by atoms with Gasteiger partial charge in [-0.1, -0.05) is 22.8 Å². The highest BCUT2D eigenvalue weighted by atomic mass is 79.9. The van der Waals surface area contributed by atoms with Gasteiger partial charge in [-0.05, 0) is 6.42 Å². The average molecular weight is 206 g/mol. The van der Waals surface area contributed by atoms with Crippen molar-refractivity contribution in [3.63, 3.8) is 0 Å². The minimum absolute atomic E-state index is 0.0515. The van der Waals surface area contributed by atoms with Crippen LogP contribution in [-0.2, 0) is 9.53 Å². The van der Waals surface area contributed by atoms with Crippen molar-refractivity contribution in [1.29, 1.82) is 0 Å². The van der Waals surface area contributed by atoms with E-state index in [1.807, 2.05) is 14.1 Å². The predicted molar refractivity (Wildman–Crippen MR) is 45.8 cm³/mol. The number of halogens is 1. The number of methoxy groups -OCH3 is 1. The molecule has 0 amide bonds. The summed E-state index contributed by atoms with van der Waals surface area (Å²) >= 11 is 3.26. The molecule has 0 bridgehead atoms. The van der Waals surface area contributed by atoms with Gasteiger partial charge in [0.2, 0.25) is 0 Å². The van der Waals surface area contributed by atoms with E-state index in [9.17, 15) is 4.79 Å². The van der Waals surface area contributed by atoms with E-state index in [0.29, 0.717) is 0 Å². The third kappa shape index (κ3) is 3.25. The number of carbonyl (C=O) groups excluding carboxylic acids is 1. The Morgan fingerprint density at radius 1 is 1.80 bits per heavy atom. The Kier molecular flexibility index (Phi) is 5.78. The second kappa shape index (κ2) is 5.77. The molecule has 0 spiro atoms. The second-order valence-corrected chi connectivity index (χ2v) is 2.73. The zero-order chi connectivity index (χ0) is 7.98. The lowest BCUT2D eigenvalue weighted by molar-refractivity contribution is -0.140. The van der Waals surface area contributed by atoms with E-state index >= 15 is 0 Å². The lowest BCUT2D eigenvalue weighted by Crippen LogP contribution is -2.15. The molecular weight excluding hydrogens is 195 g/mol. The van der Waals surface area contributed by atoms with Crippen LogP contribution in [0.5, 0.6) is 0 Å². The highest BCUT2D eigenvalue weighted by Crippen LogP contribution is 2.12. The Balaban J connectivity index is 3.68. The average Bonchev–Trinajstić information content (AvgIpc) is 1.99. The molecule has 1 atom stereocenters. The summed E-state index contributed by atoms with van der Waals surface area (Å²) in [6.07, 6.45) is 0.809. The van der Waals surface area contributed by atoms with Crippen molar-refractivity contribution in [1.82, 2.24) is 0 Å². The van der Waals surface area contributed by atoms with Crippen LogP contribution in [0.4, 0.5) is 0 Å². The van der Waals surface area contributed by atoms with Gasteiger partial charge >= 0.3 is 5.97 Å². The number of rotatable bonds is 4. The van der Waals surface area contributed by atoms with Gasteiger partial charge in [0.1, 0.15) is 7.28 Å². The normalized spacial score (nSPS) is 12.3. The summed E-state index contributed by atoms with van der Waals surface area (Å²) in [5, 5.41) is 0.830. The molecule has 57 valence electrons. The Labute approximate surface area is 70.7 Å². The van der Waals surface area contributed by atoms with Crippen molar-refractivity contribution in [2.45, 2.75) is 19.1 Å². The summed E-state index contributed by atoms with van der Waals surface area (Å²) < 4.78 is 4.56. The number of esters is 1. The zero-order valence-corrected chi connectivity index (χ0v) is 7.85. The topological polar surface area (TPSA) is 26.3 Å². The van der Waals surface area contributed by atoms with Crippen molar-refractivity contribution < 1.29 is 9.53 Å². The molecule has 0 aromatic rings. The molecule has 0 aromatic carbocycles. The first-order valence-electron chi connectivity index (χ1n) is 3.19. The van der Waals surface area contributed by atoms with Gasteiger partial charge in [0.15, 0.2) is 0 Å². The van der Waals surface area contributed by atoms with E-state index < -0.39 is 0 Å². The molecule has 0 aromatic heterocycles. The van der Waals surface area contributed by atoms with Crippen LogP contribution in [0.1, 0.15) is 6.42 Å². The molecule has 1 radical (unpaired) electrons. The first kappa shape index (κ1) is 10.0. The van der Waals surface area contributed by atoms with Crippen LogP contribution in [-0.4, -0.2) is 25.7 Å². The molecule has 0 saturated carbocycles. The smallest absolute Gasteiger partial charge is 0.300 e. The third-order valence-corrected chi connectivity index (χ3v) is 1.78. The van der Waals surface area contributed by atoms with Crippen LogP contribution in [0.15, 0.2) is 0 Å². The van der Waals surface area contributed by atoms with Gasteiger partial charge in [-0.3, -0.25) is 4.79 Å². The molecular formula is C6H11BBrO2. The number of carbonyl (C=O) groups is 1. The molecule has 1 unspecified atom stereocenters. The standard InChI is InChI=1S/C6H11BBrO2/c1-7-5(3-4-8)6(9)10-2/h5H,3-4H2,1-2H3. The number of hydrogen-bond donors (Lipinski definition) is 0. The summed E-state index contributed by atoms with van der Waals surface area (Å²) in [5.41, 5.74) is 0. The van der Waals surface area contributed by atoms with Gasteiger partial charge in [0.05, 0.1) is 7.11 Å². The summed E-state index contributed by atoms with van der Waals surface area (Å²) in [7, 11) is 3.26. The molecule has 0 saturated heterocycles. The van der Waals surface area contributed by atoms with E-state index in [0.717, 1.165) is 11.8 Å². The molecule has 0 aliphatic rings. The molecule has 10 heavy (non-hydrogen) atoms. The molecule has 0 aliphatic heterocycles. The monoisotopic (exact) mass is 205 g/mol. The van der Waals surface area contributed by atoms with E-state index in [-0.39, 0.29) is 11.8 Å². The molecule has 0 fully saturated rings. The first-order valence-corrected chi connectivity index (χ1v) is 4.31. The fourth-order valence-corrected chi connectivity index (χ4v) is 1.18. The lowest BCUT2D eigenvalue weighted by atomic mass is 9.66. The first-order chi connectivity index (χ1) is 4.76. The Hall–Kier alpha value is 0.0149. The molecule has 0 aliphatic carbocycles. The Morgan fingerprint density at radius 3 is 2.70 bits per heavy atom. The Morgan fingerprint density at radius 2 is 2.40 bits per heavy atom. The maximum Gasteiger partial charge on any atom is 0.300 e. The predicted octanol–water partition coefficient (Wildman–Crippen LogP) is 1.49. The zero-order valence-electron chi connectivity index (χ0n) is 6.26. The highest BCUT2D eigenvalue weighted by Gasteiger charge is 2.15. The van der Waals surface area contributed by atoms with Crippen LogP contribution < -0.4 is 0 Å². The van der Waals surface area contributed by atoms with Crippen molar-refractivity contribution in [3.8, 4) is 0 Å². The fourth-order valence-electron chi connectivity index (χ4n) is 0.690. The van der Waals surface area contributed by atoms with Crippen molar-refractivity contribution in [2.24, 2.45) is 0 Å². The van der Waals surface area contributed by atoms with Gasteiger partial charge in [-0.25, -0.2) is 0 Å². The highest BCUT2D eigenvalue weighted by molar-refractivity contribution is 9.09. The van der Waals surface area contributed by atoms with E-state index in [4.69, 9.17) is 0 Å². The number of hydrogen-bond acceptors (Lipinski definition) is 2. The Bertz CT molecular complexity index is 108. The van der Waals surface area contributed by atoms with Gasteiger partial charge in [0.25, 0.3) is 0 Å². The second-order valence-electron chi connectivity index (χ2n) is 1.94. The summed E-state index contributed by atoms with van der Waals surface area (Å²) in [5.74, 6) is -0.202. The van der Waals surface area contributed by atoms with Gasteiger partial charge in [0, 0.05) is 11.1 Å². The van der Waals surface area contributed by atoms with Crippen LogP contribution >= 0.6 is 15.9 Å². The van der Waals surface area contributed by atoms with Gasteiger partial charge < -0.3 is 4.74 Å². The van der Waals surface area contributed by atoms with Crippen LogP contribution in [0.25, 0.3) is 0 Å². The molecule has 0 heterocycles. The van der Waals surface area contributed by atoms with Crippen LogP contribution in [0.2, 0.25) is 12.6 Å². The van der Waals surface area contributed by atoms with Crippen molar-refractivity contribution >= 4 is 29.2 Å². The summed E-state index contributed by atoms with van der Waals surface area (Å²) in [6.45, 7) is 1.87. The lowest BCUT2D eigenvalue weighted by Gasteiger charge is -2.08. The number of ether oxygens (including phenoxy) is 1. The van der Waals surface area contributed by atoms with Gasteiger partial charge in [-0.2, -0.15) is 0 Å². The van der Waals surface area contributed by atoms with Crippen molar-refractivity contribution in [3.05, 3.63) is 0 Å². The minimum Gasteiger partial charge on any atom is -0.469 e. The van der Waals surface area contributed by atoms with E-state index in [2.05, 4.69) is 20.7 Å². The van der Waals surface area contributed by atoms with Gasteiger partial charge in [-0.15, -0.1) is 0 Å². The largest absolute Gasteiger partial charge is 0.469 e. The van der Waals surface area contributed by atoms with E-state index in [1.165, 1.54) is 7.11 Å². The molecule has 2 nitrogen and oxygen atoms in total. The number of alkyl halides is 1. The maximum absolute atomic E-state index is 10.9. The van der Waals surface area contributed by atoms with E-state index in [1.54, 1.807) is 0 Å². The van der Waals surface area contributed by atoms with Crippen molar-refractivity contribution in [2.75, 3.05) is 12.4 Å². The van der Waals surface area contributed by atoms with Crippen LogP contribution in [0.3, 0.4) is 0 Å². The quantitative estimate of drug-likeness (QED) is 0.395. The summed E-state index contributed by atoms with van der Waals surface area (Å²) in [4.78, 5) is 10.9. The summed E-state index contributed by atoms with van der Waals surface area (Å²) in [6, 6.07) is 0. The third-order valence-electron chi connectivity index (χ3n) is 1.33. The van der Waals surface area contributed by atoms with Crippen LogP contribution in [0, 0.1) is 0 Å². The SMILES string of the molecule is C[B]C(CCBr)C(=O)OC. The maximum atomic E-state index is 10.9. The molecule has 0 N–H and O–H groups in total. The molecule has 4 heteroatoms. The fraction of sp³-hybridized carbons (Fsp3) is 0.833. The minimum atomic E-state index is -0.151. The molecule has 0 rings (SSSR count).